The van der Waals surface area contributed by atoms with E-state index in [9.17, 15) is 0 Å². The zero-order chi connectivity index (χ0) is 8.36. The van der Waals surface area contributed by atoms with Crippen molar-refractivity contribution >= 4 is 0 Å². The normalized spacial score (nSPS) is 15.9. The Morgan fingerprint density at radius 3 is 1.80 bits per heavy atom. The average molecular weight is 152 g/mol. The van der Waals surface area contributed by atoms with Crippen molar-refractivity contribution in [1.82, 2.24) is 0 Å². The first kappa shape index (κ1) is 9.76. The average Bonchev–Trinajstić information content (AvgIpc) is 1.86. The number of aliphatic hydroxyl groups is 4. The predicted molar refractivity (Wildman–Crippen MR) is 32.4 cm³/mol. The molecule has 0 bridgehead atoms. The van der Waals surface area contributed by atoms with Gasteiger partial charge in [-0.3, -0.25) is 0 Å². The molecule has 0 aliphatic carbocycles. The van der Waals surface area contributed by atoms with Gasteiger partial charge >= 0.3 is 0 Å². The minimum Gasteiger partial charge on any atom is -0.364 e. The van der Waals surface area contributed by atoms with Gasteiger partial charge < -0.3 is 31.9 Å². The molecule has 0 aromatic rings. The third-order valence-electron chi connectivity index (χ3n) is 1.18. The highest BCUT2D eigenvalue weighted by Gasteiger charge is 2.37. The van der Waals surface area contributed by atoms with Crippen molar-refractivity contribution in [2.45, 2.75) is 18.1 Å². The highest BCUT2D eigenvalue weighted by Crippen LogP contribution is 2.06. The molecule has 0 saturated heterocycles. The van der Waals surface area contributed by atoms with Crippen molar-refractivity contribution < 1.29 is 20.4 Å². The van der Waals surface area contributed by atoms with E-state index in [0.29, 0.717) is 0 Å². The van der Waals surface area contributed by atoms with Gasteiger partial charge in [0.2, 0.25) is 12.1 Å². The van der Waals surface area contributed by atoms with Gasteiger partial charge in [0.15, 0.2) is 0 Å². The van der Waals surface area contributed by atoms with E-state index in [1.165, 1.54) is 0 Å². The minimum absolute atomic E-state index is 0.245. The molecule has 0 fully saturated rings. The maximum Gasteiger partial charge on any atom is 0.232 e. The number of nitrogens with two attached hydrogens (primary N) is 2. The minimum atomic E-state index is -2.73. The van der Waals surface area contributed by atoms with Crippen molar-refractivity contribution in [2.24, 2.45) is 11.5 Å². The molecule has 6 nitrogen and oxygen atoms in total. The van der Waals surface area contributed by atoms with Gasteiger partial charge in [0, 0.05) is 6.54 Å². The zero-order valence-corrected chi connectivity index (χ0v) is 5.31. The largest absolute Gasteiger partial charge is 0.364 e. The highest BCUT2D eigenvalue weighted by atomic mass is 16.6. The monoisotopic (exact) mass is 152 g/mol. The molecule has 0 aliphatic rings. The van der Waals surface area contributed by atoms with E-state index in [1.54, 1.807) is 0 Å². The molecular formula is C4H12N2O4. The summed E-state index contributed by atoms with van der Waals surface area (Å²) in [6, 6.07) is -1.27. The van der Waals surface area contributed by atoms with Crippen LogP contribution in [0, 0.1) is 0 Å². The van der Waals surface area contributed by atoms with Crippen LogP contribution in [0.3, 0.4) is 0 Å². The van der Waals surface area contributed by atoms with Gasteiger partial charge in [-0.25, -0.2) is 0 Å². The Kier molecular flexibility index (Phi) is 3.16. The second-order valence-corrected chi connectivity index (χ2v) is 2.00. The maximum absolute atomic E-state index is 8.71. The Morgan fingerprint density at radius 1 is 1.30 bits per heavy atom. The lowest BCUT2D eigenvalue weighted by molar-refractivity contribution is -0.297. The van der Waals surface area contributed by atoms with Gasteiger partial charge in [0.25, 0.3) is 0 Å². The van der Waals surface area contributed by atoms with E-state index in [4.69, 9.17) is 31.9 Å². The van der Waals surface area contributed by atoms with E-state index in [0.717, 1.165) is 0 Å². The van der Waals surface area contributed by atoms with Crippen LogP contribution in [0.15, 0.2) is 0 Å². The fraction of sp³-hybridized carbons (Fsp3) is 1.00. The van der Waals surface area contributed by atoms with Crippen molar-refractivity contribution in [1.29, 1.82) is 0 Å². The first-order chi connectivity index (χ1) is 4.42. The quantitative estimate of drug-likeness (QED) is 0.230. The summed E-state index contributed by atoms with van der Waals surface area (Å²) >= 11 is 0. The van der Waals surface area contributed by atoms with Crippen LogP contribution < -0.4 is 11.5 Å². The second-order valence-electron chi connectivity index (χ2n) is 2.00. The number of hydrogen-bond donors (Lipinski definition) is 6. The molecular weight excluding hydrogens is 140 g/mol. The molecule has 0 radical (unpaired) electrons. The molecule has 0 aromatic carbocycles. The topological polar surface area (TPSA) is 133 Å². The van der Waals surface area contributed by atoms with E-state index in [-0.39, 0.29) is 6.54 Å². The molecule has 6 heteroatoms. The van der Waals surface area contributed by atoms with Crippen molar-refractivity contribution in [3.63, 3.8) is 0 Å². The number of hydrogen-bond acceptors (Lipinski definition) is 6. The summed E-state index contributed by atoms with van der Waals surface area (Å²) < 4.78 is 0. The van der Waals surface area contributed by atoms with E-state index in [1.807, 2.05) is 0 Å². The summed E-state index contributed by atoms with van der Waals surface area (Å²) in [5, 5.41) is 34.0. The fourth-order valence-corrected chi connectivity index (χ4v) is 0.365. The van der Waals surface area contributed by atoms with Crippen LogP contribution >= 0.6 is 0 Å². The Balaban J connectivity index is 4.09. The molecule has 62 valence electrons. The molecule has 0 rings (SSSR count). The molecule has 0 amide bonds. The standard InChI is InChI=1S/C4H12N2O4/c5-1-2(6)4(9,10)3(7)8/h2-3,7-10H,1,5-6H2. The SMILES string of the molecule is NCC(N)C(O)(O)C(O)O. The molecule has 0 aliphatic heterocycles. The lowest BCUT2D eigenvalue weighted by atomic mass is 10.1. The van der Waals surface area contributed by atoms with Crippen LogP contribution in [-0.4, -0.2) is 45.1 Å². The lowest BCUT2D eigenvalue weighted by Crippen LogP contribution is -2.59. The molecule has 0 aromatic heterocycles. The Hall–Kier alpha value is -0.240. The molecule has 0 saturated carbocycles. The Labute approximate surface area is 57.7 Å². The molecule has 8 N–H and O–H groups in total. The van der Waals surface area contributed by atoms with Gasteiger partial charge in [-0.05, 0) is 0 Å². The van der Waals surface area contributed by atoms with E-state index in [2.05, 4.69) is 0 Å². The molecule has 0 heterocycles. The Morgan fingerprint density at radius 2 is 1.70 bits per heavy atom. The molecule has 10 heavy (non-hydrogen) atoms. The summed E-state index contributed by atoms with van der Waals surface area (Å²) in [7, 11) is 0. The van der Waals surface area contributed by atoms with Gasteiger partial charge in [0.05, 0.1) is 6.04 Å². The highest BCUT2D eigenvalue weighted by molar-refractivity contribution is 4.81. The van der Waals surface area contributed by atoms with Crippen LogP contribution in [0.2, 0.25) is 0 Å². The summed E-state index contributed by atoms with van der Waals surface area (Å²) in [6.45, 7) is -0.245. The zero-order valence-electron chi connectivity index (χ0n) is 5.31. The third kappa shape index (κ3) is 1.87. The van der Waals surface area contributed by atoms with Crippen LogP contribution in [0.1, 0.15) is 0 Å². The first-order valence-electron chi connectivity index (χ1n) is 2.69. The second kappa shape index (κ2) is 3.24. The van der Waals surface area contributed by atoms with Crippen molar-refractivity contribution in [2.75, 3.05) is 6.54 Å². The third-order valence-corrected chi connectivity index (χ3v) is 1.18. The number of aliphatic hydroxyl groups excluding tert-OH is 1. The van der Waals surface area contributed by atoms with Crippen molar-refractivity contribution in [3.8, 4) is 0 Å². The van der Waals surface area contributed by atoms with Gasteiger partial charge in [-0.2, -0.15) is 0 Å². The van der Waals surface area contributed by atoms with Crippen LogP contribution in [-0.2, 0) is 0 Å². The summed E-state index contributed by atoms with van der Waals surface area (Å²) in [6.07, 6.45) is -2.30. The number of rotatable bonds is 3. The maximum atomic E-state index is 8.71. The molecule has 0 spiro atoms. The van der Waals surface area contributed by atoms with Gasteiger partial charge in [-0.1, -0.05) is 0 Å². The van der Waals surface area contributed by atoms with E-state index < -0.39 is 18.1 Å². The van der Waals surface area contributed by atoms with Gasteiger partial charge in [0.1, 0.15) is 0 Å². The predicted octanol–water partition coefficient (Wildman–Crippen LogP) is -3.74. The summed E-state index contributed by atoms with van der Waals surface area (Å²) in [5.74, 6) is -2.73. The van der Waals surface area contributed by atoms with Crippen LogP contribution in [0.4, 0.5) is 0 Å². The smallest absolute Gasteiger partial charge is 0.232 e. The summed E-state index contributed by atoms with van der Waals surface area (Å²) in [5.41, 5.74) is 9.94. The van der Waals surface area contributed by atoms with Gasteiger partial charge in [-0.15, -0.1) is 0 Å². The lowest BCUT2D eigenvalue weighted by Gasteiger charge is -2.28. The fourth-order valence-electron chi connectivity index (χ4n) is 0.365. The molecule has 1 unspecified atom stereocenters. The summed E-state index contributed by atoms with van der Waals surface area (Å²) in [4.78, 5) is 0. The Bertz CT molecular complexity index is 105. The first-order valence-corrected chi connectivity index (χ1v) is 2.69. The van der Waals surface area contributed by atoms with Crippen LogP contribution in [0.25, 0.3) is 0 Å². The molecule has 1 atom stereocenters. The van der Waals surface area contributed by atoms with Crippen molar-refractivity contribution in [3.05, 3.63) is 0 Å². The van der Waals surface area contributed by atoms with Crippen LogP contribution in [0.5, 0.6) is 0 Å². The van der Waals surface area contributed by atoms with E-state index >= 15 is 0 Å².